The van der Waals surface area contributed by atoms with E-state index < -0.39 is 0 Å². The fraction of sp³-hybridized carbons (Fsp3) is 0.0200. The quantitative estimate of drug-likeness (QED) is 0.186. The molecule has 1 aliphatic rings. The molecule has 1 aliphatic heterocycles. The average Bonchev–Trinajstić information content (AvgIpc) is 3.90. The number of hydrogen-bond donors (Lipinski definition) is 1. The van der Waals surface area contributed by atoms with E-state index in [-0.39, 0.29) is 6.17 Å². The van der Waals surface area contributed by atoms with E-state index in [0.29, 0.717) is 11.7 Å². The molecular formula is C50H33N5O. The molecule has 0 saturated heterocycles. The third kappa shape index (κ3) is 5.22. The van der Waals surface area contributed by atoms with Crippen LogP contribution in [-0.2, 0) is 0 Å². The molecule has 0 aliphatic carbocycles. The van der Waals surface area contributed by atoms with E-state index in [9.17, 15) is 0 Å². The second-order valence-electron chi connectivity index (χ2n) is 14.0. The fourth-order valence-electron chi connectivity index (χ4n) is 8.14. The zero-order valence-electron chi connectivity index (χ0n) is 30.2. The van der Waals surface area contributed by atoms with Crippen LogP contribution < -0.4 is 5.32 Å². The van der Waals surface area contributed by atoms with Crippen LogP contribution in [0.25, 0.3) is 71.7 Å². The van der Waals surface area contributed by atoms with Crippen molar-refractivity contribution in [3.05, 3.63) is 205 Å². The van der Waals surface area contributed by atoms with Crippen LogP contribution in [0.5, 0.6) is 0 Å². The number of aliphatic imine (C=N–C) groups is 2. The van der Waals surface area contributed by atoms with Crippen molar-refractivity contribution >= 4 is 49.9 Å². The summed E-state index contributed by atoms with van der Waals surface area (Å²) in [5, 5.41) is 13.1. The lowest BCUT2D eigenvalue weighted by molar-refractivity contribution is 0.659. The maximum Gasteiger partial charge on any atom is 0.159 e. The molecule has 56 heavy (non-hydrogen) atoms. The Morgan fingerprint density at radius 1 is 0.500 bits per heavy atom. The van der Waals surface area contributed by atoms with Gasteiger partial charge in [-0.05, 0) is 34.2 Å². The zero-order valence-corrected chi connectivity index (χ0v) is 30.2. The summed E-state index contributed by atoms with van der Waals surface area (Å²) in [6.07, 6.45) is 1.66. The molecule has 6 heteroatoms. The predicted molar refractivity (Wildman–Crippen MR) is 228 cm³/mol. The van der Waals surface area contributed by atoms with Crippen LogP contribution in [0.2, 0.25) is 0 Å². The van der Waals surface area contributed by atoms with Gasteiger partial charge < -0.3 is 9.73 Å². The van der Waals surface area contributed by atoms with Crippen LogP contribution in [0.3, 0.4) is 0 Å². The molecular weight excluding hydrogens is 687 g/mol. The van der Waals surface area contributed by atoms with Crippen LogP contribution in [-0.4, -0.2) is 21.3 Å². The van der Waals surface area contributed by atoms with E-state index in [2.05, 4.69) is 155 Å². The molecule has 0 bridgehead atoms. The molecule has 264 valence electrons. The minimum Gasteiger partial charge on any atom is -0.455 e. The first-order valence-corrected chi connectivity index (χ1v) is 18.8. The maximum atomic E-state index is 6.46. The SMILES string of the molecule is c1ccc(-c2cnn3c(-c4ccccc4)c(-c4ccc(C5=NC(c6ccccc6)NC(c6cccc7c6oc6ccccc67)=N5)cc4)c4ccccc4c23)cc1. The number of hydrogen-bond acceptors (Lipinski definition) is 5. The molecule has 3 aromatic heterocycles. The highest BCUT2D eigenvalue weighted by Crippen LogP contribution is 2.43. The summed E-state index contributed by atoms with van der Waals surface area (Å²) in [6, 6.07) is 63.1. The summed E-state index contributed by atoms with van der Waals surface area (Å²) < 4.78 is 8.58. The van der Waals surface area contributed by atoms with Crippen LogP contribution in [0, 0.1) is 0 Å². The monoisotopic (exact) mass is 719 g/mol. The molecule has 0 saturated carbocycles. The molecule has 0 fully saturated rings. The van der Waals surface area contributed by atoms with Gasteiger partial charge in [0.1, 0.15) is 23.2 Å². The van der Waals surface area contributed by atoms with Crippen LogP contribution in [0.1, 0.15) is 22.9 Å². The Kier molecular flexibility index (Phi) is 7.45. The van der Waals surface area contributed by atoms with E-state index in [1.807, 2.05) is 42.6 Å². The van der Waals surface area contributed by atoms with E-state index in [0.717, 1.165) is 88.4 Å². The lowest BCUT2D eigenvalue weighted by atomic mass is 9.91. The van der Waals surface area contributed by atoms with Crippen molar-refractivity contribution in [2.24, 2.45) is 9.98 Å². The van der Waals surface area contributed by atoms with Crippen molar-refractivity contribution in [2.75, 3.05) is 0 Å². The summed E-state index contributed by atoms with van der Waals surface area (Å²) >= 11 is 0. The number of rotatable bonds is 6. The number of nitrogens with zero attached hydrogens (tertiary/aromatic N) is 4. The van der Waals surface area contributed by atoms with Gasteiger partial charge in [0.15, 0.2) is 5.84 Å². The number of para-hydroxylation sites is 2. The Balaban J connectivity index is 1.08. The Morgan fingerprint density at radius 3 is 1.89 bits per heavy atom. The van der Waals surface area contributed by atoms with Gasteiger partial charge in [0, 0.05) is 38.4 Å². The molecule has 0 amide bonds. The van der Waals surface area contributed by atoms with Crippen LogP contribution in [0.4, 0.5) is 0 Å². The molecule has 0 spiro atoms. The number of nitrogens with one attached hydrogen (secondary N) is 1. The van der Waals surface area contributed by atoms with Crippen molar-refractivity contribution in [3.63, 3.8) is 0 Å². The van der Waals surface area contributed by atoms with Gasteiger partial charge in [-0.2, -0.15) is 5.10 Å². The van der Waals surface area contributed by atoms with Crippen molar-refractivity contribution in [2.45, 2.75) is 6.17 Å². The van der Waals surface area contributed by atoms with Crippen molar-refractivity contribution in [3.8, 4) is 33.5 Å². The largest absolute Gasteiger partial charge is 0.455 e. The predicted octanol–water partition coefficient (Wildman–Crippen LogP) is 11.9. The molecule has 7 aromatic carbocycles. The van der Waals surface area contributed by atoms with Gasteiger partial charge in [0.25, 0.3) is 0 Å². The third-order valence-electron chi connectivity index (χ3n) is 10.8. The summed E-state index contributed by atoms with van der Waals surface area (Å²) in [7, 11) is 0. The number of amidine groups is 2. The highest BCUT2D eigenvalue weighted by atomic mass is 16.3. The molecule has 11 rings (SSSR count). The first-order chi connectivity index (χ1) is 27.8. The van der Waals surface area contributed by atoms with Gasteiger partial charge in [0.05, 0.1) is 23.0 Å². The summed E-state index contributed by atoms with van der Waals surface area (Å²) in [5.74, 6) is 1.36. The highest BCUT2D eigenvalue weighted by molar-refractivity contribution is 6.19. The first kappa shape index (κ1) is 31.9. The summed E-state index contributed by atoms with van der Waals surface area (Å²) in [4.78, 5) is 10.4. The maximum absolute atomic E-state index is 6.46. The lowest BCUT2D eigenvalue weighted by Crippen LogP contribution is -2.33. The summed E-state index contributed by atoms with van der Waals surface area (Å²) in [6.45, 7) is 0. The van der Waals surface area contributed by atoms with Gasteiger partial charge in [-0.3, -0.25) is 0 Å². The van der Waals surface area contributed by atoms with Crippen LogP contribution in [0.15, 0.2) is 203 Å². The second kappa shape index (κ2) is 13.1. The minimum absolute atomic E-state index is 0.340. The number of fused-ring (bicyclic) bond motifs is 6. The first-order valence-electron chi connectivity index (χ1n) is 18.8. The minimum atomic E-state index is -0.340. The molecule has 4 heterocycles. The molecule has 6 nitrogen and oxygen atoms in total. The highest BCUT2D eigenvalue weighted by Gasteiger charge is 2.25. The Bertz CT molecular complexity index is 3140. The zero-order chi connectivity index (χ0) is 37.0. The van der Waals surface area contributed by atoms with Crippen molar-refractivity contribution in [1.82, 2.24) is 14.9 Å². The van der Waals surface area contributed by atoms with Gasteiger partial charge in [-0.1, -0.05) is 170 Å². The average molecular weight is 720 g/mol. The lowest BCUT2D eigenvalue weighted by Gasteiger charge is -2.24. The Morgan fingerprint density at radius 2 is 1.12 bits per heavy atom. The smallest absolute Gasteiger partial charge is 0.159 e. The number of furan rings is 1. The van der Waals surface area contributed by atoms with Gasteiger partial charge in [-0.25, -0.2) is 14.5 Å². The van der Waals surface area contributed by atoms with E-state index in [1.165, 1.54) is 0 Å². The molecule has 1 N–H and O–H groups in total. The van der Waals surface area contributed by atoms with E-state index >= 15 is 0 Å². The standard InChI is InChI=1S/C50H33N5O/c1-4-15-32(16-5-1)42-31-51-55-45(34-17-6-2-7-18-34)44(38-22-10-11-23-39(38)46(42)55)33-27-29-36(30-28-33)49-52-48(35-19-8-3-9-20-35)53-50(54-49)41-25-14-24-40-37-21-12-13-26-43(37)56-47(40)41/h1-31,48H,(H,52,53,54). The molecule has 1 atom stereocenters. The number of benzene rings is 7. The third-order valence-corrected chi connectivity index (χ3v) is 10.8. The molecule has 10 aromatic rings. The van der Waals surface area contributed by atoms with Crippen molar-refractivity contribution < 1.29 is 4.42 Å². The van der Waals surface area contributed by atoms with E-state index in [4.69, 9.17) is 19.5 Å². The van der Waals surface area contributed by atoms with Crippen LogP contribution >= 0.6 is 0 Å². The van der Waals surface area contributed by atoms with Gasteiger partial charge in [-0.15, -0.1) is 0 Å². The van der Waals surface area contributed by atoms with Gasteiger partial charge >= 0.3 is 0 Å². The van der Waals surface area contributed by atoms with Gasteiger partial charge in [0.2, 0.25) is 0 Å². The Hall–Kier alpha value is -7.57. The molecule has 1 unspecified atom stereocenters. The number of aromatic nitrogens is 2. The Labute approximate surface area is 322 Å². The number of pyridine rings is 1. The normalized spacial score (nSPS) is 14.2. The topological polar surface area (TPSA) is 67.2 Å². The molecule has 0 radical (unpaired) electrons. The van der Waals surface area contributed by atoms with E-state index in [1.54, 1.807) is 0 Å². The van der Waals surface area contributed by atoms with Crippen molar-refractivity contribution in [1.29, 1.82) is 0 Å². The fourth-order valence-corrected chi connectivity index (χ4v) is 8.14. The summed E-state index contributed by atoms with van der Waals surface area (Å²) in [5.41, 5.74) is 12.2. The second-order valence-corrected chi connectivity index (χ2v) is 14.0.